The smallest absolute Gasteiger partial charge is 0.342 e. The van der Waals surface area contributed by atoms with Gasteiger partial charge in [-0.15, -0.1) is 0 Å². The van der Waals surface area contributed by atoms with E-state index in [1.807, 2.05) is 6.92 Å². The standard InChI is InChI=1S/C13H16N4O3/c1-3-19-12-9(5-4-6-10(12)14)13(18)20-7-11-15-8-16-17(11)2/h4-6,8H,3,7,14H2,1-2H3. The molecule has 1 heterocycles. The van der Waals surface area contributed by atoms with Crippen molar-refractivity contribution in [2.24, 2.45) is 7.05 Å². The lowest BCUT2D eigenvalue weighted by Crippen LogP contribution is -2.11. The molecule has 2 rings (SSSR count). The maximum Gasteiger partial charge on any atom is 0.342 e. The summed E-state index contributed by atoms with van der Waals surface area (Å²) in [7, 11) is 1.72. The maximum absolute atomic E-state index is 12.1. The predicted octanol–water partition coefficient (Wildman–Crippen LogP) is 1.15. The van der Waals surface area contributed by atoms with Gasteiger partial charge in [0.05, 0.1) is 12.3 Å². The van der Waals surface area contributed by atoms with E-state index in [4.69, 9.17) is 15.2 Å². The summed E-state index contributed by atoms with van der Waals surface area (Å²) in [6.45, 7) is 2.27. The Bertz CT molecular complexity index is 609. The summed E-state index contributed by atoms with van der Waals surface area (Å²) >= 11 is 0. The summed E-state index contributed by atoms with van der Waals surface area (Å²) < 4.78 is 12.1. The van der Waals surface area contributed by atoms with E-state index in [-0.39, 0.29) is 6.61 Å². The Morgan fingerprint density at radius 1 is 1.45 bits per heavy atom. The number of esters is 1. The summed E-state index contributed by atoms with van der Waals surface area (Å²) in [4.78, 5) is 16.1. The first kappa shape index (κ1) is 13.9. The molecular formula is C13H16N4O3. The van der Waals surface area contributed by atoms with Gasteiger partial charge in [-0.3, -0.25) is 4.68 Å². The Morgan fingerprint density at radius 3 is 2.90 bits per heavy atom. The number of aromatic nitrogens is 3. The molecule has 7 heteroatoms. The fraction of sp³-hybridized carbons (Fsp3) is 0.308. The molecule has 0 atom stereocenters. The Kier molecular flexibility index (Phi) is 4.19. The summed E-state index contributed by atoms with van der Waals surface area (Å²) in [5.74, 6) is 0.391. The third-order valence-corrected chi connectivity index (χ3v) is 2.69. The molecule has 2 aromatic rings. The quantitative estimate of drug-likeness (QED) is 0.650. The van der Waals surface area contributed by atoms with Crippen molar-refractivity contribution in [3.63, 3.8) is 0 Å². The highest BCUT2D eigenvalue weighted by molar-refractivity contribution is 5.94. The Balaban J connectivity index is 2.13. The summed E-state index contributed by atoms with van der Waals surface area (Å²) in [6.07, 6.45) is 1.40. The molecule has 1 aromatic heterocycles. The van der Waals surface area contributed by atoms with Crippen LogP contribution >= 0.6 is 0 Å². The summed E-state index contributed by atoms with van der Waals surface area (Å²) in [6, 6.07) is 4.96. The normalized spacial score (nSPS) is 10.3. The van der Waals surface area contributed by atoms with Crippen LogP contribution in [0.25, 0.3) is 0 Å². The fourth-order valence-electron chi connectivity index (χ4n) is 1.68. The number of hydrogen-bond acceptors (Lipinski definition) is 6. The number of carbonyl (C=O) groups excluding carboxylic acids is 1. The number of nitrogens with two attached hydrogens (primary N) is 1. The number of aryl methyl sites for hydroxylation is 1. The second-order valence-corrected chi connectivity index (χ2v) is 4.03. The van der Waals surface area contributed by atoms with E-state index in [1.54, 1.807) is 25.2 Å². The van der Waals surface area contributed by atoms with Gasteiger partial charge in [0.1, 0.15) is 11.9 Å². The third kappa shape index (κ3) is 2.87. The SMILES string of the molecule is CCOc1c(N)cccc1C(=O)OCc1ncnn1C. The predicted molar refractivity (Wildman–Crippen MR) is 72.1 cm³/mol. The average molecular weight is 276 g/mol. The van der Waals surface area contributed by atoms with Crippen molar-refractivity contribution >= 4 is 11.7 Å². The highest BCUT2D eigenvalue weighted by Gasteiger charge is 2.17. The van der Waals surface area contributed by atoms with Gasteiger partial charge in [-0.25, -0.2) is 9.78 Å². The number of anilines is 1. The van der Waals surface area contributed by atoms with E-state index in [9.17, 15) is 4.79 Å². The number of benzene rings is 1. The van der Waals surface area contributed by atoms with Gasteiger partial charge in [0.2, 0.25) is 0 Å². The van der Waals surface area contributed by atoms with Gasteiger partial charge in [0.25, 0.3) is 0 Å². The van der Waals surface area contributed by atoms with E-state index < -0.39 is 5.97 Å². The first-order valence-corrected chi connectivity index (χ1v) is 6.14. The molecule has 0 aliphatic carbocycles. The molecular weight excluding hydrogens is 260 g/mol. The van der Waals surface area contributed by atoms with Gasteiger partial charge in [-0.05, 0) is 19.1 Å². The van der Waals surface area contributed by atoms with E-state index in [2.05, 4.69) is 10.1 Å². The minimum Gasteiger partial charge on any atom is -0.491 e. The molecule has 0 radical (unpaired) electrons. The fourth-order valence-corrected chi connectivity index (χ4v) is 1.68. The zero-order chi connectivity index (χ0) is 14.5. The molecule has 1 aromatic carbocycles. The van der Waals surface area contributed by atoms with Crippen molar-refractivity contribution in [1.82, 2.24) is 14.8 Å². The minimum absolute atomic E-state index is 0.0374. The van der Waals surface area contributed by atoms with Gasteiger partial charge >= 0.3 is 5.97 Å². The lowest BCUT2D eigenvalue weighted by molar-refractivity contribution is 0.0454. The average Bonchev–Trinajstić information content (AvgIpc) is 2.84. The highest BCUT2D eigenvalue weighted by atomic mass is 16.5. The van der Waals surface area contributed by atoms with Crippen LogP contribution in [0.15, 0.2) is 24.5 Å². The molecule has 0 fully saturated rings. The monoisotopic (exact) mass is 276 g/mol. The number of nitrogens with zero attached hydrogens (tertiary/aromatic N) is 3. The number of hydrogen-bond donors (Lipinski definition) is 1. The second-order valence-electron chi connectivity index (χ2n) is 4.03. The van der Waals surface area contributed by atoms with Gasteiger partial charge in [-0.2, -0.15) is 5.10 Å². The molecule has 0 spiro atoms. The van der Waals surface area contributed by atoms with Crippen LogP contribution in [0.5, 0.6) is 5.75 Å². The van der Waals surface area contributed by atoms with E-state index in [0.29, 0.717) is 29.4 Å². The van der Waals surface area contributed by atoms with Crippen molar-refractivity contribution in [3.8, 4) is 5.75 Å². The first-order valence-electron chi connectivity index (χ1n) is 6.14. The molecule has 106 valence electrons. The second kappa shape index (κ2) is 6.05. The number of ether oxygens (including phenoxy) is 2. The van der Waals surface area contributed by atoms with Crippen LogP contribution in [0.4, 0.5) is 5.69 Å². The molecule has 2 N–H and O–H groups in total. The van der Waals surface area contributed by atoms with E-state index in [0.717, 1.165) is 0 Å². The summed E-state index contributed by atoms with van der Waals surface area (Å²) in [5, 5.41) is 3.90. The van der Waals surface area contributed by atoms with Crippen molar-refractivity contribution < 1.29 is 14.3 Å². The van der Waals surface area contributed by atoms with Crippen LogP contribution in [0.2, 0.25) is 0 Å². The van der Waals surface area contributed by atoms with Gasteiger partial charge in [-0.1, -0.05) is 6.07 Å². The van der Waals surface area contributed by atoms with E-state index >= 15 is 0 Å². The van der Waals surface area contributed by atoms with Crippen LogP contribution in [0.3, 0.4) is 0 Å². The molecule has 0 aliphatic rings. The molecule has 0 unspecified atom stereocenters. The van der Waals surface area contributed by atoms with Gasteiger partial charge in [0.15, 0.2) is 18.2 Å². The molecule has 0 bridgehead atoms. The van der Waals surface area contributed by atoms with Gasteiger partial charge in [0, 0.05) is 7.05 Å². The van der Waals surface area contributed by atoms with Crippen molar-refractivity contribution in [1.29, 1.82) is 0 Å². The van der Waals surface area contributed by atoms with Crippen LogP contribution in [0, 0.1) is 0 Å². The molecule has 20 heavy (non-hydrogen) atoms. The highest BCUT2D eigenvalue weighted by Crippen LogP contribution is 2.27. The lowest BCUT2D eigenvalue weighted by Gasteiger charge is -2.11. The van der Waals surface area contributed by atoms with Crippen molar-refractivity contribution in [2.75, 3.05) is 12.3 Å². The van der Waals surface area contributed by atoms with Crippen molar-refractivity contribution in [2.45, 2.75) is 13.5 Å². The Hall–Kier alpha value is -2.57. The number of para-hydroxylation sites is 1. The zero-order valence-electron chi connectivity index (χ0n) is 11.4. The third-order valence-electron chi connectivity index (χ3n) is 2.69. The van der Waals surface area contributed by atoms with Crippen LogP contribution in [-0.2, 0) is 18.4 Å². The van der Waals surface area contributed by atoms with Crippen LogP contribution in [0.1, 0.15) is 23.1 Å². The van der Waals surface area contributed by atoms with Crippen LogP contribution in [-0.4, -0.2) is 27.3 Å². The first-order chi connectivity index (χ1) is 9.63. The summed E-state index contributed by atoms with van der Waals surface area (Å²) in [5.41, 5.74) is 6.50. The van der Waals surface area contributed by atoms with Gasteiger partial charge < -0.3 is 15.2 Å². The lowest BCUT2D eigenvalue weighted by atomic mass is 10.2. The number of rotatable bonds is 5. The molecule has 7 nitrogen and oxygen atoms in total. The zero-order valence-corrected chi connectivity index (χ0v) is 11.4. The minimum atomic E-state index is -0.510. The topological polar surface area (TPSA) is 92.3 Å². The Labute approximate surface area is 116 Å². The molecule has 0 aliphatic heterocycles. The van der Waals surface area contributed by atoms with Crippen LogP contribution < -0.4 is 10.5 Å². The number of nitrogen functional groups attached to an aromatic ring is 1. The molecule has 0 saturated heterocycles. The Morgan fingerprint density at radius 2 is 2.25 bits per heavy atom. The van der Waals surface area contributed by atoms with E-state index in [1.165, 1.54) is 11.0 Å². The molecule has 0 saturated carbocycles. The largest absolute Gasteiger partial charge is 0.491 e. The molecule has 0 amide bonds. The van der Waals surface area contributed by atoms with Crippen molar-refractivity contribution in [3.05, 3.63) is 35.9 Å². The maximum atomic E-state index is 12.1. The number of carbonyl (C=O) groups is 1.